The summed E-state index contributed by atoms with van der Waals surface area (Å²) in [4.78, 5) is 29.6. The molecule has 1 aliphatic heterocycles. The number of rotatable bonds is 4. The first-order valence-corrected chi connectivity index (χ1v) is 7.97. The van der Waals surface area contributed by atoms with Gasteiger partial charge in [0.05, 0.1) is 12.6 Å². The standard InChI is InChI=1S/C17H25N3O3/c1-14(2)23-17(22)20-11-9-19(10-12-20)13-16(21)18(3)15-7-5-4-6-8-15/h4-8,14H,9-13H2,1-3H3. The largest absolute Gasteiger partial charge is 0.447 e. The number of hydrogen-bond donors (Lipinski definition) is 0. The van der Waals surface area contributed by atoms with E-state index in [9.17, 15) is 9.59 Å². The number of carbonyl (C=O) groups excluding carboxylic acids is 2. The van der Waals surface area contributed by atoms with Gasteiger partial charge in [0.1, 0.15) is 0 Å². The maximum Gasteiger partial charge on any atom is 0.410 e. The number of likely N-dealkylation sites (N-methyl/N-ethyl adjacent to an activating group) is 1. The maximum atomic E-state index is 12.4. The normalized spacial score (nSPS) is 15.6. The minimum atomic E-state index is -0.271. The summed E-state index contributed by atoms with van der Waals surface area (Å²) in [5.74, 6) is 0.0504. The van der Waals surface area contributed by atoms with Gasteiger partial charge in [-0.3, -0.25) is 9.69 Å². The Hall–Kier alpha value is -2.08. The number of benzene rings is 1. The van der Waals surface area contributed by atoms with Gasteiger partial charge in [0.25, 0.3) is 0 Å². The van der Waals surface area contributed by atoms with Gasteiger partial charge in [-0.15, -0.1) is 0 Å². The zero-order valence-corrected chi connectivity index (χ0v) is 14.1. The average Bonchev–Trinajstić information content (AvgIpc) is 2.55. The van der Waals surface area contributed by atoms with Crippen molar-refractivity contribution in [1.82, 2.24) is 9.80 Å². The van der Waals surface area contributed by atoms with E-state index in [2.05, 4.69) is 4.90 Å². The van der Waals surface area contributed by atoms with Crippen molar-refractivity contribution in [2.24, 2.45) is 0 Å². The zero-order valence-electron chi connectivity index (χ0n) is 14.1. The van der Waals surface area contributed by atoms with E-state index in [1.54, 1.807) is 16.8 Å². The highest BCUT2D eigenvalue weighted by molar-refractivity contribution is 5.94. The predicted molar refractivity (Wildman–Crippen MR) is 89.5 cm³/mol. The van der Waals surface area contributed by atoms with Crippen molar-refractivity contribution in [1.29, 1.82) is 0 Å². The van der Waals surface area contributed by atoms with Crippen LogP contribution in [0.1, 0.15) is 13.8 Å². The fourth-order valence-electron chi connectivity index (χ4n) is 2.46. The SMILES string of the molecule is CC(C)OC(=O)N1CCN(CC(=O)N(C)c2ccccc2)CC1. The highest BCUT2D eigenvalue weighted by atomic mass is 16.6. The van der Waals surface area contributed by atoms with Crippen LogP contribution in [0.25, 0.3) is 0 Å². The second kappa shape index (κ2) is 7.97. The molecule has 2 rings (SSSR count). The predicted octanol–water partition coefficient (Wildman–Crippen LogP) is 1.81. The van der Waals surface area contributed by atoms with E-state index >= 15 is 0 Å². The molecule has 0 saturated carbocycles. The van der Waals surface area contributed by atoms with E-state index in [1.807, 2.05) is 44.2 Å². The van der Waals surface area contributed by atoms with Crippen molar-refractivity contribution < 1.29 is 14.3 Å². The number of piperazine rings is 1. The Morgan fingerprint density at radius 1 is 1.13 bits per heavy atom. The summed E-state index contributed by atoms with van der Waals surface area (Å²) in [6, 6.07) is 9.59. The van der Waals surface area contributed by atoms with Gasteiger partial charge in [0.15, 0.2) is 0 Å². The van der Waals surface area contributed by atoms with Crippen LogP contribution in [-0.4, -0.2) is 67.7 Å². The van der Waals surface area contributed by atoms with Gasteiger partial charge in [-0.2, -0.15) is 0 Å². The minimum absolute atomic E-state index is 0.0504. The molecule has 0 unspecified atom stereocenters. The van der Waals surface area contributed by atoms with Crippen molar-refractivity contribution >= 4 is 17.7 Å². The second-order valence-corrected chi connectivity index (χ2v) is 5.98. The Labute approximate surface area is 137 Å². The molecule has 2 amide bonds. The Kier molecular flexibility index (Phi) is 5.98. The molecule has 0 N–H and O–H groups in total. The molecular formula is C17H25N3O3. The van der Waals surface area contributed by atoms with E-state index in [-0.39, 0.29) is 18.1 Å². The molecule has 0 aromatic heterocycles. The number of nitrogens with zero attached hydrogens (tertiary/aromatic N) is 3. The quantitative estimate of drug-likeness (QED) is 0.849. The smallest absolute Gasteiger partial charge is 0.410 e. The Balaban J connectivity index is 1.80. The minimum Gasteiger partial charge on any atom is -0.447 e. The summed E-state index contributed by atoms with van der Waals surface area (Å²) in [6.07, 6.45) is -0.381. The van der Waals surface area contributed by atoms with Gasteiger partial charge < -0.3 is 14.5 Å². The lowest BCUT2D eigenvalue weighted by Crippen LogP contribution is -2.51. The molecule has 0 atom stereocenters. The third kappa shape index (κ3) is 4.96. The summed E-state index contributed by atoms with van der Waals surface area (Å²) >= 11 is 0. The number of carbonyl (C=O) groups is 2. The van der Waals surface area contributed by atoms with Gasteiger partial charge in [0.2, 0.25) is 5.91 Å². The van der Waals surface area contributed by atoms with Gasteiger partial charge in [0, 0.05) is 38.9 Å². The zero-order chi connectivity index (χ0) is 16.8. The molecule has 0 radical (unpaired) electrons. The monoisotopic (exact) mass is 319 g/mol. The van der Waals surface area contributed by atoms with E-state index in [0.29, 0.717) is 32.7 Å². The van der Waals surface area contributed by atoms with Crippen LogP contribution < -0.4 is 4.90 Å². The fourth-order valence-corrected chi connectivity index (χ4v) is 2.46. The molecular weight excluding hydrogens is 294 g/mol. The van der Waals surface area contributed by atoms with Crippen molar-refractivity contribution in [2.75, 3.05) is 44.7 Å². The molecule has 1 aromatic rings. The lowest BCUT2D eigenvalue weighted by Gasteiger charge is -2.34. The molecule has 0 spiro atoms. The first kappa shape index (κ1) is 17.3. The van der Waals surface area contributed by atoms with Gasteiger partial charge in [-0.05, 0) is 26.0 Å². The number of para-hydroxylation sites is 1. The third-order valence-electron chi connectivity index (χ3n) is 3.84. The number of anilines is 1. The van der Waals surface area contributed by atoms with E-state index < -0.39 is 0 Å². The molecule has 23 heavy (non-hydrogen) atoms. The lowest BCUT2D eigenvalue weighted by atomic mass is 10.3. The summed E-state index contributed by atoms with van der Waals surface area (Å²) in [7, 11) is 1.79. The number of hydrogen-bond acceptors (Lipinski definition) is 4. The molecule has 0 aliphatic carbocycles. The van der Waals surface area contributed by atoms with Crippen molar-refractivity contribution in [2.45, 2.75) is 20.0 Å². The first-order chi connectivity index (χ1) is 11.0. The molecule has 126 valence electrons. The Bertz CT molecular complexity index is 525. The summed E-state index contributed by atoms with van der Waals surface area (Å²) in [5.41, 5.74) is 0.886. The van der Waals surface area contributed by atoms with Crippen LogP contribution in [0, 0.1) is 0 Å². The third-order valence-corrected chi connectivity index (χ3v) is 3.84. The van der Waals surface area contributed by atoms with Gasteiger partial charge in [-0.25, -0.2) is 4.79 Å². The molecule has 1 saturated heterocycles. The fraction of sp³-hybridized carbons (Fsp3) is 0.529. The summed E-state index contributed by atoms with van der Waals surface area (Å²) in [5, 5.41) is 0. The molecule has 1 fully saturated rings. The highest BCUT2D eigenvalue weighted by Crippen LogP contribution is 2.12. The number of amides is 2. The molecule has 0 bridgehead atoms. The number of ether oxygens (including phenoxy) is 1. The molecule has 6 heteroatoms. The Morgan fingerprint density at radius 3 is 2.30 bits per heavy atom. The second-order valence-electron chi connectivity index (χ2n) is 5.98. The van der Waals surface area contributed by atoms with Crippen LogP contribution in [0.2, 0.25) is 0 Å². The highest BCUT2D eigenvalue weighted by Gasteiger charge is 2.24. The van der Waals surface area contributed by atoms with E-state index in [4.69, 9.17) is 4.74 Å². The van der Waals surface area contributed by atoms with Crippen molar-refractivity contribution in [3.63, 3.8) is 0 Å². The molecule has 1 heterocycles. The van der Waals surface area contributed by atoms with Crippen LogP contribution in [-0.2, 0) is 9.53 Å². The maximum absolute atomic E-state index is 12.4. The Morgan fingerprint density at radius 2 is 1.74 bits per heavy atom. The molecule has 1 aliphatic rings. The van der Waals surface area contributed by atoms with Gasteiger partial charge >= 0.3 is 6.09 Å². The summed E-state index contributed by atoms with van der Waals surface area (Å²) < 4.78 is 5.20. The first-order valence-electron chi connectivity index (χ1n) is 7.97. The molecule has 1 aromatic carbocycles. The topological polar surface area (TPSA) is 53.1 Å². The van der Waals surface area contributed by atoms with Crippen LogP contribution in [0.15, 0.2) is 30.3 Å². The van der Waals surface area contributed by atoms with Crippen LogP contribution in [0.4, 0.5) is 10.5 Å². The summed E-state index contributed by atoms with van der Waals surface area (Å²) in [6.45, 7) is 6.59. The molecule has 6 nitrogen and oxygen atoms in total. The van der Waals surface area contributed by atoms with Crippen molar-refractivity contribution in [3.8, 4) is 0 Å². The van der Waals surface area contributed by atoms with Crippen LogP contribution in [0.5, 0.6) is 0 Å². The van der Waals surface area contributed by atoms with Crippen LogP contribution >= 0.6 is 0 Å². The van der Waals surface area contributed by atoms with Crippen LogP contribution in [0.3, 0.4) is 0 Å². The van der Waals surface area contributed by atoms with E-state index in [1.165, 1.54) is 0 Å². The van der Waals surface area contributed by atoms with Crippen molar-refractivity contribution in [3.05, 3.63) is 30.3 Å². The lowest BCUT2D eigenvalue weighted by molar-refractivity contribution is -0.119. The average molecular weight is 319 g/mol. The van der Waals surface area contributed by atoms with Gasteiger partial charge in [-0.1, -0.05) is 18.2 Å². The van der Waals surface area contributed by atoms with E-state index in [0.717, 1.165) is 5.69 Å².